The quantitative estimate of drug-likeness (QED) is 0.552. The summed E-state index contributed by atoms with van der Waals surface area (Å²) in [5.74, 6) is 0. The van der Waals surface area contributed by atoms with Crippen LogP contribution < -0.4 is 0 Å². The molecule has 0 heterocycles. The van der Waals surface area contributed by atoms with Crippen LogP contribution in [-0.2, 0) is 77.6 Å². The predicted molar refractivity (Wildman–Crippen MR) is 0 cm³/mol. The van der Waals surface area contributed by atoms with Crippen molar-refractivity contribution >= 4 is 0 Å². The zero-order valence-corrected chi connectivity index (χ0v) is 7.26. The molecule has 0 bridgehead atoms. The van der Waals surface area contributed by atoms with Gasteiger partial charge in [-0.25, -0.2) is 0 Å². The minimum absolute atomic E-state index is 0. The third kappa shape index (κ3) is 8.82. The fourth-order valence-corrected chi connectivity index (χ4v) is 0. The molecule has 0 spiro atoms. The summed E-state index contributed by atoms with van der Waals surface area (Å²) in [6.45, 7) is 0. The van der Waals surface area contributed by atoms with Gasteiger partial charge in [-0.3, -0.25) is 0 Å². The summed E-state index contributed by atoms with van der Waals surface area (Å²) in [7, 11) is 0. The molecule has 0 aromatic rings. The molecule has 0 fully saturated rings. The van der Waals surface area contributed by atoms with Crippen LogP contribution in [0.1, 0.15) is 0 Å². The molecule has 0 saturated carbocycles. The van der Waals surface area contributed by atoms with Crippen molar-refractivity contribution in [2.45, 2.75) is 0 Å². The fraction of sp³-hybridized carbons (Fsp3) is 0. The molecule has 0 saturated heterocycles. The van der Waals surface area contributed by atoms with Gasteiger partial charge < -0.3 is 0 Å². The molecule has 4 heteroatoms. The van der Waals surface area contributed by atoms with Gasteiger partial charge >= 0.3 is 0 Å². The Balaban J connectivity index is 0. The predicted octanol–water partition coefficient (Wildman–Crippen LogP) is -0.0100. The summed E-state index contributed by atoms with van der Waals surface area (Å²) in [5, 5.41) is 0. The van der Waals surface area contributed by atoms with E-state index in [2.05, 4.69) is 0 Å². The molecule has 0 rings (SSSR count). The Morgan fingerprint density at radius 2 is 1.00 bits per heavy atom. The van der Waals surface area contributed by atoms with E-state index in [9.17, 15) is 0 Å². The summed E-state index contributed by atoms with van der Waals surface area (Å²) < 4.78 is 0. The molecular weight excluding hydrogens is 315 g/mol. The van der Waals surface area contributed by atoms with E-state index in [-0.39, 0.29) is 77.6 Å². The average molecular weight is 315 g/mol. The van der Waals surface area contributed by atoms with Crippen LogP contribution in [0.25, 0.3) is 0 Å². The summed E-state index contributed by atoms with van der Waals surface area (Å²) in [6.07, 6.45) is 0. The van der Waals surface area contributed by atoms with Crippen LogP contribution in [0.15, 0.2) is 0 Å². The van der Waals surface area contributed by atoms with Crippen LogP contribution in [0, 0.1) is 0 Å². The van der Waals surface area contributed by atoms with Crippen molar-refractivity contribution in [1.82, 2.24) is 0 Å². The largest absolute Gasteiger partial charge is 0 e. The molecule has 0 N–H and O–H groups in total. The van der Waals surface area contributed by atoms with Crippen LogP contribution in [-0.4, -0.2) is 0 Å². The molecule has 0 atom stereocenters. The second-order valence-corrected chi connectivity index (χ2v) is 0. The number of rotatable bonds is 0. The fourth-order valence-electron chi connectivity index (χ4n) is 0. The van der Waals surface area contributed by atoms with E-state index in [4.69, 9.17) is 0 Å². The van der Waals surface area contributed by atoms with Crippen LogP contribution in [0.3, 0.4) is 0 Å². The molecule has 0 aromatic heterocycles. The Hall–Kier alpha value is 2.47. The van der Waals surface area contributed by atoms with E-state index >= 15 is 0 Å². The normalized spacial score (nSPS) is 0. The first kappa shape index (κ1) is 31.8. The second kappa shape index (κ2) is 17.9. The van der Waals surface area contributed by atoms with Crippen molar-refractivity contribution in [2.24, 2.45) is 0 Å². The maximum atomic E-state index is 0. The Morgan fingerprint density at radius 1 is 1.00 bits per heavy atom. The molecule has 0 aliphatic carbocycles. The summed E-state index contributed by atoms with van der Waals surface area (Å²) >= 11 is 0. The van der Waals surface area contributed by atoms with Crippen molar-refractivity contribution < 1.29 is 77.6 Å². The first-order valence-corrected chi connectivity index (χ1v) is 0. The first-order chi connectivity index (χ1) is 0. The zero-order chi connectivity index (χ0) is 0. The van der Waals surface area contributed by atoms with Crippen LogP contribution in [0.2, 0.25) is 0 Å². The minimum atomic E-state index is 0. The topological polar surface area (TPSA) is 0 Å². The maximum Gasteiger partial charge on any atom is 0 e. The summed E-state index contributed by atoms with van der Waals surface area (Å²) in [4.78, 5) is 0. The van der Waals surface area contributed by atoms with Gasteiger partial charge in [-0.1, -0.05) is 0 Å². The van der Waals surface area contributed by atoms with E-state index in [1.165, 1.54) is 0 Å². The van der Waals surface area contributed by atoms with Gasteiger partial charge in [0.15, 0.2) is 0 Å². The molecule has 0 unspecified atom stereocenters. The Morgan fingerprint density at radius 3 is 1.00 bits per heavy atom. The van der Waals surface area contributed by atoms with Crippen molar-refractivity contribution in [2.75, 3.05) is 0 Å². The SMILES string of the molecule is [Ag].[Co].[Cr].[Mo]. The Bertz CT molecular complexity index is 8.00. The van der Waals surface area contributed by atoms with E-state index in [0.717, 1.165) is 0 Å². The van der Waals surface area contributed by atoms with Crippen molar-refractivity contribution in [3.63, 3.8) is 0 Å². The molecule has 32 valence electrons. The van der Waals surface area contributed by atoms with Gasteiger partial charge in [0.2, 0.25) is 0 Å². The van der Waals surface area contributed by atoms with Crippen LogP contribution >= 0.6 is 0 Å². The second-order valence-electron chi connectivity index (χ2n) is 0. The van der Waals surface area contributed by atoms with Crippen LogP contribution in [0.5, 0.6) is 0 Å². The van der Waals surface area contributed by atoms with E-state index < -0.39 is 0 Å². The molecule has 0 amide bonds. The van der Waals surface area contributed by atoms with Crippen molar-refractivity contribution in [3.05, 3.63) is 0 Å². The van der Waals surface area contributed by atoms with Gasteiger partial charge in [0.1, 0.15) is 0 Å². The minimum Gasteiger partial charge on any atom is 0 e. The molecule has 0 aliphatic rings. The standard InChI is InChI=1S/Ag.Co.Cr.Mo. The monoisotopic (exact) mass is 316 g/mol. The molecule has 2 radical (unpaired) electrons. The van der Waals surface area contributed by atoms with Crippen molar-refractivity contribution in [1.29, 1.82) is 0 Å². The Kier molecular flexibility index (Phi) is 142. The van der Waals surface area contributed by atoms with E-state index in [1.54, 1.807) is 0 Å². The van der Waals surface area contributed by atoms with E-state index in [0.29, 0.717) is 0 Å². The first-order valence-electron chi connectivity index (χ1n) is 0. The molecule has 0 nitrogen and oxygen atoms in total. The third-order valence-electron chi connectivity index (χ3n) is 0. The number of hydrogen-bond acceptors (Lipinski definition) is 0. The maximum absolute atomic E-state index is 0. The van der Waals surface area contributed by atoms with Gasteiger partial charge in [-0.05, 0) is 0 Å². The average Bonchev–Trinajstić information content (AvgIpc) is 0. The molecule has 4 heavy (non-hydrogen) atoms. The van der Waals surface area contributed by atoms with Gasteiger partial charge in [0.25, 0.3) is 0 Å². The van der Waals surface area contributed by atoms with Crippen molar-refractivity contribution in [3.8, 4) is 0 Å². The zero-order valence-electron chi connectivity index (χ0n) is 1.45. The van der Waals surface area contributed by atoms with Gasteiger partial charge in [-0.2, -0.15) is 0 Å². The summed E-state index contributed by atoms with van der Waals surface area (Å²) in [6, 6.07) is 0. The molecular formula is AgCoCrMo. The molecule has 0 aliphatic heterocycles. The Labute approximate surface area is 76.6 Å². The number of hydrogen-bond donors (Lipinski definition) is 0. The van der Waals surface area contributed by atoms with Gasteiger partial charge in [0, 0.05) is 77.6 Å². The van der Waals surface area contributed by atoms with E-state index in [1.807, 2.05) is 0 Å². The van der Waals surface area contributed by atoms with Gasteiger partial charge in [0.05, 0.1) is 0 Å². The van der Waals surface area contributed by atoms with Crippen LogP contribution in [0.4, 0.5) is 0 Å². The smallest absolute Gasteiger partial charge is 0 e. The molecule has 0 aromatic carbocycles. The van der Waals surface area contributed by atoms with Gasteiger partial charge in [-0.15, -0.1) is 0 Å². The third-order valence-corrected chi connectivity index (χ3v) is 0. The summed E-state index contributed by atoms with van der Waals surface area (Å²) in [5.41, 5.74) is 0.